The van der Waals surface area contributed by atoms with Gasteiger partial charge in [-0.1, -0.05) is 19.1 Å². The van der Waals surface area contributed by atoms with Gasteiger partial charge in [0.1, 0.15) is 5.82 Å². The van der Waals surface area contributed by atoms with Crippen LogP contribution in [0.5, 0.6) is 0 Å². The minimum Gasteiger partial charge on any atom is -0.294 e. The first-order chi connectivity index (χ1) is 6.65. The maximum absolute atomic E-state index is 12.8. The molecule has 0 saturated heterocycles. The van der Waals surface area contributed by atoms with Gasteiger partial charge in [-0.25, -0.2) is 4.39 Å². The summed E-state index contributed by atoms with van der Waals surface area (Å²) in [5.41, 5.74) is 0.327. The fourth-order valence-electron chi connectivity index (χ4n) is 1.16. The van der Waals surface area contributed by atoms with Crippen LogP contribution in [0, 0.1) is 23.1 Å². The van der Waals surface area contributed by atoms with E-state index in [-0.39, 0.29) is 18.1 Å². The maximum Gasteiger partial charge on any atom is 0.166 e. The Bertz CT molecular complexity index is 381. The minimum atomic E-state index is -0.431. The highest BCUT2D eigenvalue weighted by molar-refractivity contribution is 5.97. The molecule has 1 aromatic carbocycles. The molecule has 0 unspecified atom stereocenters. The molecule has 0 amide bonds. The Labute approximate surface area is 82.0 Å². The summed E-state index contributed by atoms with van der Waals surface area (Å²) in [7, 11) is 0. The number of ketones is 1. The normalized spacial score (nSPS) is 11.8. The molecule has 0 bridgehead atoms. The molecule has 0 aliphatic heterocycles. The predicted octanol–water partition coefficient (Wildman–Crippen LogP) is 2.56. The summed E-state index contributed by atoms with van der Waals surface area (Å²) in [4.78, 5) is 11.6. The number of Topliss-reactive ketones (excluding diaryl/α,β-unsaturated/α-hetero) is 1. The third kappa shape index (κ3) is 2.40. The van der Waals surface area contributed by atoms with Crippen LogP contribution in [0.15, 0.2) is 24.3 Å². The van der Waals surface area contributed by atoms with Crippen molar-refractivity contribution in [3.8, 4) is 6.07 Å². The summed E-state index contributed by atoms with van der Waals surface area (Å²) in [6, 6.07) is 7.43. The molecule has 0 spiro atoms. The Balaban J connectivity index is 2.85. The van der Waals surface area contributed by atoms with Crippen LogP contribution in [0.4, 0.5) is 4.39 Å². The lowest BCUT2D eigenvalue weighted by Crippen LogP contribution is -2.10. The van der Waals surface area contributed by atoms with Crippen LogP contribution in [0.1, 0.15) is 23.7 Å². The number of nitriles is 1. The Hall–Kier alpha value is -1.69. The smallest absolute Gasteiger partial charge is 0.166 e. The Morgan fingerprint density at radius 2 is 2.36 bits per heavy atom. The lowest BCUT2D eigenvalue weighted by molar-refractivity contribution is 0.0931. The second-order valence-corrected chi connectivity index (χ2v) is 3.14. The summed E-state index contributed by atoms with van der Waals surface area (Å²) >= 11 is 0. The van der Waals surface area contributed by atoms with E-state index in [4.69, 9.17) is 5.26 Å². The van der Waals surface area contributed by atoms with Crippen LogP contribution in [0.25, 0.3) is 0 Å². The number of hydrogen-bond acceptors (Lipinski definition) is 2. The lowest BCUT2D eigenvalue weighted by Gasteiger charge is -2.05. The topological polar surface area (TPSA) is 40.9 Å². The van der Waals surface area contributed by atoms with Crippen molar-refractivity contribution in [2.24, 2.45) is 5.92 Å². The number of carbonyl (C=O) groups is 1. The van der Waals surface area contributed by atoms with Crippen molar-refractivity contribution in [3.05, 3.63) is 35.6 Å². The average molecular weight is 191 g/mol. The van der Waals surface area contributed by atoms with Crippen molar-refractivity contribution < 1.29 is 9.18 Å². The van der Waals surface area contributed by atoms with E-state index in [2.05, 4.69) is 0 Å². The first kappa shape index (κ1) is 10.4. The fourth-order valence-corrected chi connectivity index (χ4v) is 1.16. The molecular formula is C11H10FNO. The summed E-state index contributed by atoms with van der Waals surface area (Å²) in [6.45, 7) is 1.66. The molecule has 72 valence electrons. The van der Waals surface area contributed by atoms with Crippen LogP contribution >= 0.6 is 0 Å². The van der Waals surface area contributed by atoms with E-state index in [9.17, 15) is 9.18 Å². The summed E-state index contributed by atoms with van der Waals surface area (Å²) in [5.74, 6) is -0.993. The Morgan fingerprint density at radius 3 is 2.93 bits per heavy atom. The second-order valence-electron chi connectivity index (χ2n) is 3.14. The summed E-state index contributed by atoms with van der Waals surface area (Å²) in [5, 5.41) is 8.41. The van der Waals surface area contributed by atoms with E-state index >= 15 is 0 Å². The van der Waals surface area contributed by atoms with Crippen molar-refractivity contribution in [2.45, 2.75) is 13.3 Å². The van der Waals surface area contributed by atoms with Gasteiger partial charge in [-0.15, -0.1) is 0 Å². The SMILES string of the molecule is C[C@H](CC#N)C(=O)c1cccc(F)c1. The van der Waals surface area contributed by atoms with Gasteiger partial charge >= 0.3 is 0 Å². The van der Waals surface area contributed by atoms with E-state index in [0.717, 1.165) is 0 Å². The van der Waals surface area contributed by atoms with Gasteiger partial charge in [0.05, 0.1) is 6.07 Å². The predicted molar refractivity (Wildman–Crippen MR) is 50.1 cm³/mol. The molecule has 0 aliphatic rings. The maximum atomic E-state index is 12.8. The highest BCUT2D eigenvalue weighted by Crippen LogP contribution is 2.12. The van der Waals surface area contributed by atoms with E-state index in [1.165, 1.54) is 18.2 Å². The van der Waals surface area contributed by atoms with Crippen LogP contribution in [0.2, 0.25) is 0 Å². The molecule has 0 heterocycles. The van der Waals surface area contributed by atoms with Crippen molar-refractivity contribution in [1.82, 2.24) is 0 Å². The van der Waals surface area contributed by atoms with Crippen molar-refractivity contribution >= 4 is 5.78 Å². The third-order valence-electron chi connectivity index (χ3n) is 1.95. The number of hydrogen-bond donors (Lipinski definition) is 0. The van der Waals surface area contributed by atoms with Gasteiger partial charge in [-0.2, -0.15) is 5.26 Å². The van der Waals surface area contributed by atoms with E-state index in [1.807, 2.05) is 6.07 Å². The van der Waals surface area contributed by atoms with Crippen LogP contribution in [0.3, 0.4) is 0 Å². The lowest BCUT2D eigenvalue weighted by atomic mass is 9.97. The molecule has 14 heavy (non-hydrogen) atoms. The zero-order chi connectivity index (χ0) is 10.6. The van der Waals surface area contributed by atoms with Gasteiger partial charge in [-0.05, 0) is 12.1 Å². The molecule has 0 aliphatic carbocycles. The molecule has 3 heteroatoms. The van der Waals surface area contributed by atoms with Gasteiger partial charge in [0, 0.05) is 17.9 Å². The second kappa shape index (κ2) is 4.52. The molecule has 0 radical (unpaired) electrons. The van der Waals surface area contributed by atoms with E-state index in [1.54, 1.807) is 13.0 Å². The number of carbonyl (C=O) groups excluding carboxylic acids is 1. The van der Waals surface area contributed by atoms with Gasteiger partial charge in [0.25, 0.3) is 0 Å². The standard InChI is InChI=1S/C11H10FNO/c1-8(5-6-13)11(14)9-3-2-4-10(12)7-9/h2-4,7-8H,5H2,1H3/t8-/m1/s1. The molecule has 1 aromatic rings. The van der Waals surface area contributed by atoms with Crippen molar-refractivity contribution in [3.63, 3.8) is 0 Å². The number of rotatable bonds is 3. The molecular weight excluding hydrogens is 181 g/mol. The molecule has 0 fully saturated rings. The highest BCUT2D eigenvalue weighted by Gasteiger charge is 2.14. The zero-order valence-electron chi connectivity index (χ0n) is 7.83. The largest absolute Gasteiger partial charge is 0.294 e. The number of halogens is 1. The molecule has 1 atom stereocenters. The number of benzene rings is 1. The molecule has 2 nitrogen and oxygen atoms in total. The zero-order valence-corrected chi connectivity index (χ0v) is 7.83. The third-order valence-corrected chi connectivity index (χ3v) is 1.95. The van der Waals surface area contributed by atoms with Crippen LogP contribution in [-0.2, 0) is 0 Å². The summed E-state index contributed by atoms with van der Waals surface area (Å²) in [6.07, 6.45) is 0.162. The average Bonchev–Trinajstić information content (AvgIpc) is 2.17. The van der Waals surface area contributed by atoms with E-state index < -0.39 is 5.82 Å². The Morgan fingerprint density at radius 1 is 1.64 bits per heavy atom. The van der Waals surface area contributed by atoms with Gasteiger partial charge in [0.2, 0.25) is 0 Å². The van der Waals surface area contributed by atoms with Crippen molar-refractivity contribution in [2.75, 3.05) is 0 Å². The highest BCUT2D eigenvalue weighted by atomic mass is 19.1. The molecule has 0 saturated carbocycles. The van der Waals surface area contributed by atoms with E-state index in [0.29, 0.717) is 5.56 Å². The molecule has 1 rings (SSSR count). The van der Waals surface area contributed by atoms with Crippen LogP contribution in [-0.4, -0.2) is 5.78 Å². The quantitative estimate of drug-likeness (QED) is 0.689. The molecule has 0 aromatic heterocycles. The van der Waals surface area contributed by atoms with Gasteiger partial charge < -0.3 is 0 Å². The first-order valence-electron chi connectivity index (χ1n) is 4.32. The monoisotopic (exact) mass is 191 g/mol. The first-order valence-corrected chi connectivity index (χ1v) is 4.32. The van der Waals surface area contributed by atoms with Gasteiger partial charge in [-0.3, -0.25) is 4.79 Å². The Kier molecular flexibility index (Phi) is 3.35. The molecule has 0 N–H and O–H groups in total. The minimum absolute atomic E-state index is 0.162. The fraction of sp³-hybridized carbons (Fsp3) is 0.273. The number of nitrogens with zero attached hydrogens (tertiary/aromatic N) is 1. The van der Waals surface area contributed by atoms with Crippen LogP contribution < -0.4 is 0 Å². The van der Waals surface area contributed by atoms with Crippen molar-refractivity contribution in [1.29, 1.82) is 5.26 Å². The van der Waals surface area contributed by atoms with Gasteiger partial charge in [0.15, 0.2) is 5.78 Å². The summed E-state index contributed by atoms with van der Waals surface area (Å²) < 4.78 is 12.8.